The van der Waals surface area contributed by atoms with Crippen LogP contribution >= 0.6 is 0 Å². The van der Waals surface area contributed by atoms with Gasteiger partial charge in [-0.3, -0.25) is 4.18 Å². The highest BCUT2D eigenvalue weighted by Crippen LogP contribution is 2.48. The summed E-state index contributed by atoms with van der Waals surface area (Å²) in [4.78, 5) is 0.247. The minimum atomic E-state index is -3.61. The smallest absolute Gasteiger partial charge is 0.296 e. The number of rotatable bonds is 15. The summed E-state index contributed by atoms with van der Waals surface area (Å²) >= 11 is 0. The van der Waals surface area contributed by atoms with Crippen LogP contribution in [0.2, 0.25) is 0 Å². The van der Waals surface area contributed by atoms with E-state index in [2.05, 4.69) is 169 Å². The number of hydrogen-bond acceptors (Lipinski definition) is 8. The molecule has 1 N–H and O–H groups in total. The maximum atomic E-state index is 12.1. The fourth-order valence-electron chi connectivity index (χ4n) is 13.5. The van der Waals surface area contributed by atoms with Crippen molar-refractivity contribution in [2.24, 2.45) is 71.0 Å². The molecule has 440 valence electrons. The molecule has 0 heterocycles. The van der Waals surface area contributed by atoms with E-state index in [1.807, 2.05) is 6.92 Å². The summed E-state index contributed by atoms with van der Waals surface area (Å²) in [5.41, 5.74) is 5.88. The van der Waals surface area contributed by atoms with E-state index in [0.717, 1.165) is 84.7 Å². The number of allylic oxidation sites excluding steroid dienone is 8. The van der Waals surface area contributed by atoms with Gasteiger partial charge in [0.25, 0.3) is 10.1 Å². The first-order chi connectivity index (χ1) is 37.5. The van der Waals surface area contributed by atoms with Crippen LogP contribution in [-0.2, 0) is 36.0 Å². The zero-order chi connectivity index (χ0) is 58.5. The molecule has 12 unspecified atom stereocenters. The molecule has 7 aliphatic carbocycles. The van der Waals surface area contributed by atoms with Crippen LogP contribution in [-0.4, -0.2) is 54.2 Å². The van der Waals surface area contributed by atoms with Gasteiger partial charge in [0.15, 0.2) is 0 Å². The van der Waals surface area contributed by atoms with Crippen molar-refractivity contribution in [1.82, 2.24) is 0 Å². The predicted octanol–water partition coefficient (Wildman–Crippen LogP) is 16.7. The Balaban J connectivity index is 0.000000162. The van der Waals surface area contributed by atoms with Crippen LogP contribution in [0.5, 0.6) is 23.0 Å². The summed E-state index contributed by atoms with van der Waals surface area (Å²) in [6.45, 7) is 38.9. The summed E-state index contributed by atoms with van der Waals surface area (Å²) in [6.07, 6.45) is 27.7. The van der Waals surface area contributed by atoms with Crippen LogP contribution in [0.15, 0.2) is 115 Å². The van der Waals surface area contributed by atoms with Crippen molar-refractivity contribution in [1.29, 1.82) is 0 Å². The Labute approximate surface area is 485 Å². The van der Waals surface area contributed by atoms with E-state index in [0.29, 0.717) is 60.6 Å². The van der Waals surface area contributed by atoms with Crippen LogP contribution in [0.3, 0.4) is 0 Å². The molecule has 9 heteroatoms. The number of ether oxygens (including phenoxy) is 4. The Hall–Kier alpha value is -4.57. The molecule has 80 heavy (non-hydrogen) atoms. The lowest BCUT2D eigenvalue weighted by Crippen LogP contribution is -2.21. The van der Waals surface area contributed by atoms with E-state index in [1.165, 1.54) is 54.4 Å². The van der Waals surface area contributed by atoms with Crippen molar-refractivity contribution in [3.63, 3.8) is 0 Å². The molecule has 8 nitrogen and oxygen atoms in total. The second-order valence-electron chi connectivity index (χ2n) is 28.7. The lowest BCUT2D eigenvalue weighted by Gasteiger charge is -2.29. The summed E-state index contributed by atoms with van der Waals surface area (Å²) in [5, 5.41) is 8.85. The molecule has 3 aromatic carbocycles. The van der Waals surface area contributed by atoms with Gasteiger partial charge in [-0.1, -0.05) is 149 Å². The highest BCUT2D eigenvalue weighted by molar-refractivity contribution is 7.86. The molecule has 12 atom stereocenters. The van der Waals surface area contributed by atoms with Crippen LogP contribution in [0.4, 0.5) is 0 Å². The standard InChI is InChI=1S/C25H38O2.C23H34O2.C15H18O3S.C8H12O/c1-10-17-12-18(11-2)19(13-17)16-27-23-15-20(24(3,4)5)22(26-9)14-21(23)25(6,7)8;1-22(2,3)18-13-21(19(23(4,5)6)12-20(18)24-7)25-14-17-11-15-8-9-16(17)10-15;1-11-2-6-15(7-3-11)19(16,17)18-10-14-9-12-4-5-13(14)8-12;9-5-8-4-6-1-2-7(8)3-6/h10-11,14-15,17-19H,1-2,12-13,16H2,3-9H3;8-9,12-13,15-17H,10-11,14H2,1-7H3;2-7,12-14H,8-10H2,1H3;1-2,6-9H,3-5H2. The van der Waals surface area contributed by atoms with E-state index >= 15 is 0 Å². The summed E-state index contributed by atoms with van der Waals surface area (Å²) in [5.74, 6) is 11.3. The van der Waals surface area contributed by atoms with E-state index in [-0.39, 0.29) is 26.6 Å². The van der Waals surface area contributed by atoms with Gasteiger partial charge in [-0.25, -0.2) is 0 Å². The molecule has 0 spiro atoms. The van der Waals surface area contributed by atoms with E-state index in [1.54, 1.807) is 38.5 Å². The molecule has 3 aromatic rings. The molecule has 0 amide bonds. The fourth-order valence-corrected chi connectivity index (χ4v) is 14.5. The SMILES string of the molecule is C=CC1CC(C=C)C(COc2cc(C(C)(C)C)c(OC)cc2C(C)(C)C)C1.COc1cc(C(C)(C)C)c(OCC2CC3C=CC2C3)cc1C(C)(C)C.Cc1ccc(S(=O)(=O)OCC2CC3C=CC2C3)cc1.OCC1CC2C=CC1C2. The molecule has 4 fully saturated rings. The van der Waals surface area contributed by atoms with E-state index in [4.69, 9.17) is 28.2 Å². The minimum absolute atomic E-state index is 0.00911. The molecule has 0 aromatic heterocycles. The molecule has 0 saturated heterocycles. The van der Waals surface area contributed by atoms with Crippen molar-refractivity contribution >= 4 is 10.1 Å². The van der Waals surface area contributed by atoms with Crippen molar-refractivity contribution in [3.05, 3.63) is 138 Å². The Bertz CT molecular complexity index is 2770. The van der Waals surface area contributed by atoms with Gasteiger partial charge in [0.1, 0.15) is 23.0 Å². The average Bonchev–Trinajstić information content (AvgIpc) is 4.38. The summed E-state index contributed by atoms with van der Waals surface area (Å²) in [6, 6.07) is 15.6. The van der Waals surface area contributed by atoms with Crippen molar-refractivity contribution < 1.29 is 36.7 Å². The van der Waals surface area contributed by atoms with Gasteiger partial charge in [0.2, 0.25) is 0 Å². The number of aliphatic hydroxyl groups is 1. The van der Waals surface area contributed by atoms with Gasteiger partial charge in [-0.2, -0.15) is 8.42 Å². The third-order valence-corrected chi connectivity index (χ3v) is 19.7. The van der Waals surface area contributed by atoms with Gasteiger partial charge in [-0.05, 0) is 187 Å². The van der Waals surface area contributed by atoms with Gasteiger partial charge in [-0.15, -0.1) is 13.2 Å². The van der Waals surface area contributed by atoms with Gasteiger partial charge >= 0.3 is 0 Å². The molecular weight excluding hydrogens is 1010 g/mol. The van der Waals surface area contributed by atoms with Crippen molar-refractivity contribution in [2.45, 2.75) is 168 Å². The molecule has 0 radical (unpaired) electrons. The first-order valence-corrected chi connectivity index (χ1v) is 31.5. The lowest BCUT2D eigenvalue weighted by atomic mass is 9.81. The van der Waals surface area contributed by atoms with Crippen LogP contribution < -0.4 is 18.9 Å². The second kappa shape index (κ2) is 25.9. The Morgan fingerprint density at radius 2 is 0.887 bits per heavy atom. The van der Waals surface area contributed by atoms with Crippen LogP contribution in [0.25, 0.3) is 0 Å². The van der Waals surface area contributed by atoms with Gasteiger partial charge in [0, 0.05) is 28.9 Å². The Kier molecular flexibility index (Phi) is 20.4. The first-order valence-electron chi connectivity index (χ1n) is 30.1. The molecule has 4 saturated carbocycles. The number of methoxy groups -OCH3 is 2. The van der Waals surface area contributed by atoms with Crippen molar-refractivity contribution in [3.8, 4) is 23.0 Å². The monoisotopic (exact) mass is 1110 g/mol. The largest absolute Gasteiger partial charge is 0.496 e. The third kappa shape index (κ3) is 15.7. The van der Waals surface area contributed by atoms with Crippen LogP contribution in [0.1, 0.15) is 162 Å². The normalized spacial score (nSPS) is 27.9. The van der Waals surface area contributed by atoms with Crippen LogP contribution in [0, 0.1) is 77.9 Å². The Morgan fingerprint density at radius 3 is 1.23 bits per heavy atom. The maximum Gasteiger partial charge on any atom is 0.296 e. The number of fused-ring (bicyclic) bond motifs is 6. The minimum Gasteiger partial charge on any atom is -0.496 e. The van der Waals surface area contributed by atoms with E-state index < -0.39 is 10.1 Å². The van der Waals surface area contributed by atoms with Gasteiger partial charge < -0.3 is 24.1 Å². The van der Waals surface area contributed by atoms with E-state index in [9.17, 15) is 8.42 Å². The van der Waals surface area contributed by atoms with Gasteiger partial charge in [0.05, 0.1) is 38.9 Å². The lowest BCUT2D eigenvalue weighted by molar-refractivity contribution is 0.207. The zero-order valence-electron chi connectivity index (χ0n) is 51.8. The summed E-state index contributed by atoms with van der Waals surface area (Å²) in [7, 11) is -0.0922. The average molecular weight is 1120 g/mol. The molecule has 10 rings (SSSR count). The highest BCUT2D eigenvalue weighted by Gasteiger charge is 2.39. The first kappa shape index (κ1) is 63.0. The number of aryl methyl sites for hydroxylation is 1. The number of benzene rings is 3. The summed E-state index contributed by atoms with van der Waals surface area (Å²) < 4.78 is 53.7. The molecule has 7 aliphatic rings. The highest BCUT2D eigenvalue weighted by atomic mass is 32.2. The maximum absolute atomic E-state index is 12.1. The second-order valence-corrected chi connectivity index (χ2v) is 30.3. The third-order valence-electron chi connectivity index (χ3n) is 18.4. The Morgan fingerprint density at radius 1 is 0.500 bits per heavy atom. The molecule has 0 aliphatic heterocycles. The number of hydrogen-bond donors (Lipinski definition) is 1. The molecule has 6 bridgehead atoms. The topological polar surface area (TPSA) is 101 Å². The quantitative estimate of drug-likeness (QED) is 0.119. The molecular formula is C71H102O8S. The fraction of sp³-hybridized carbons (Fsp3) is 0.606. The number of aliphatic hydroxyl groups excluding tert-OH is 1. The zero-order valence-corrected chi connectivity index (χ0v) is 52.6. The predicted molar refractivity (Wildman–Crippen MR) is 330 cm³/mol. The van der Waals surface area contributed by atoms with Crippen molar-refractivity contribution in [2.75, 3.05) is 40.6 Å².